The van der Waals surface area contributed by atoms with E-state index in [0.29, 0.717) is 18.6 Å². The van der Waals surface area contributed by atoms with Gasteiger partial charge in [0.2, 0.25) is 0 Å². The van der Waals surface area contributed by atoms with E-state index in [1.807, 2.05) is 12.1 Å². The summed E-state index contributed by atoms with van der Waals surface area (Å²) in [6.07, 6.45) is -2.21. The van der Waals surface area contributed by atoms with Crippen LogP contribution in [0.2, 0.25) is 0 Å². The van der Waals surface area contributed by atoms with Crippen molar-refractivity contribution < 1.29 is 13.5 Å². The zero-order valence-corrected chi connectivity index (χ0v) is 7.04. The summed E-state index contributed by atoms with van der Waals surface area (Å²) < 4.78 is 29.7. The molecule has 13 heavy (non-hydrogen) atoms. The Morgan fingerprint density at radius 3 is 2.85 bits per heavy atom. The van der Waals surface area contributed by atoms with Crippen LogP contribution >= 0.6 is 0 Å². The lowest BCUT2D eigenvalue weighted by Gasteiger charge is -2.25. The molecule has 0 saturated heterocycles. The van der Waals surface area contributed by atoms with Crippen LogP contribution in [0.5, 0.6) is 5.75 Å². The van der Waals surface area contributed by atoms with E-state index < -0.39 is 12.5 Å². The quantitative estimate of drug-likeness (QED) is 0.652. The fraction of sp³-hybridized carbons (Fsp3) is 0.400. The molecule has 0 aromatic heterocycles. The predicted octanol–water partition coefficient (Wildman–Crippen LogP) is 2.65. The van der Waals surface area contributed by atoms with E-state index >= 15 is 0 Å². The van der Waals surface area contributed by atoms with Gasteiger partial charge in [0.25, 0.3) is 6.43 Å². The van der Waals surface area contributed by atoms with Gasteiger partial charge in [0.1, 0.15) is 5.75 Å². The van der Waals surface area contributed by atoms with Crippen LogP contribution in [0.4, 0.5) is 8.78 Å². The standard InChI is InChI=1S/C10H10F2O/c11-10(12)9-6-5-7-3-1-2-4-8(7)13-9/h1-4,9-10H,5-6H2. The maximum Gasteiger partial charge on any atom is 0.274 e. The van der Waals surface area contributed by atoms with Gasteiger partial charge in [-0.05, 0) is 24.5 Å². The lowest BCUT2D eigenvalue weighted by Crippen LogP contribution is -2.29. The number of hydrogen-bond donors (Lipinski definition) is 0. The third kappa shape index (κ3) is 1.64. The van der Waals surface area contributed by atoms with Crippen LogP contribution in [0, 0.1) is 0 Å². The van der Waals surface area contributed by atoms with Crippen molar-refractivity contribution in [3.05, 3.63) is 29.8 Å². The normalized spacial score (nSPS) is 21.0. The van der Waals surface area contributed by atoms with E-state index in [2.05, 4.69) is 0 Å². The van der Waals surface area contributed by atoms with E-state index in [4.69, 9.17) is 4.74 Å². The van der Waals surface area contributed by atoms with E-state index in [9.17, 15) is 8.78 Å². The second-order valence-electron chi connectivity index (χ2n) is 3.14. The third-order valence-corrected chi connectivity index (χ3v) is 2.23. The van der Waals surface area contributed by atoms with Gasteiger partial charge in [0, 0.05) is 0 Å². The summed E-state index contributed by atoms with van der Waals surface area (Å²) >= 11 is 0. The van der Waals surface area contributed by atoms with Crippen molar-refractivity contribution >= 4 is 0 Å². The zero-order chi connectivity index (χ0) is 9.26. The Hall–Kier alpha value is -1.12. The number of alkyl halides is 2. The third-order valence-electron chi connectivity index (χ3n) is 2.23. The molecule has 3 heteroatoms. The van der Waals surface area contributed by atoms with Crippen LogP contribution < -0.4 is 4.74 Å². The summed E-state index contributed by atoms with van der Waals surface area (Å²) in [4.78, 5) is 0. The number of hydrogen-bond acceptors (Lipinski definition) is 1. The highest BCUT2D eigenvalue weighted by atomic mass is 19.3. The van der Waals surface area contributed by atoms with E-state index in [1.165, 1.54) is 0 Å². The molecule has 0 fully saturated rings. The number of ether oxygens (including phenoxy) is 1. The monoisotopic (exact) mass is 184 g/mol. The largest absolute Gasteiger partial charge is 0.484 e. The molecule has 0 spiro atoms. The lowest BCUT2D eigenvalue weighted by molar-refractivity contribution is 0.000603. The summed E-state index contributed by atoms with van der Waals surface area (Å²) in [7, 11) is 0. The van der Waals surface area contributed by atoms with Crippen LogP contribution in [0.15, 0.2) is 24.3 Å². The molecule has 1 aliphatic rings. The molecule has 2 rings (SSSR count). The van der Waals surface area contributed by atoms with Crippen LogP contribution in [0.25, 0.3) is 0 Å². The number of halogens is 2. The molecule has 1 atom stereocenters. The van der Waals surface area contributed by atoms with Gasteiger partial charge in [0.15, 0.2) is 6.10 Å². The van der Waals surface area contributed by atoms with Gasteiger partial charge in [-0.25, -0.2) is 8.78 Å². The van der Waals surface area contributed by atoms with Gasteiger partial charge in [0.05, 0.1) is 0 Å². The maximum absolute atomic E-state index is 12.3. The highest BCUT2D eigenvalue weighted by Crippen LogP contribution is 2.29. The molecule has 1 aromatic rings. The number of fused-ring (bicyclic) bond motifs is 1. The first-order valence-electron chi connectivity index (χ1n) is 4.30. The average molecular weight is 184 g/mol. The van der Waals surface area contributed by atoms with E-state index in [1.54, 1.807) is 12.1 Å². The van der Waals surface area contributed by atoms with Gasteiger partial charge >= 0.3 is 0 Å². The van der Waals surface area contributed by atoms with Crippen molar-refractivity contribution in [1.29, 1.82) is 0 Å². The van der Waals surface area contributed by atoms with Gasteiger partial charge in [-0.1, -0.05) is 18.2 Å². The van der Waals surface area contributed by atoms with Crippen molar-refractivity contribution in [3.63, 3.8) is 0 Å². The molecule has 0 bridgehead atoms. The van der Waals surface area contributed by atoms with Gasteiger partial charge in [-0.3, -0.25) is 0 Å². The Bertz CT molecular complexity index is 299. The molecule has 1 heterocycles. The molecular formula is C10H10F2O. The number of rotatable bonds is 1. The number of benzene rings is 1. The Balaban J connectivity index is 2.20. The molecule has 0 saturated carbocycles. The number of aryl methyl sites for hydroxylation is 1. The molecule has 70 valence electrons. The SMILES string of the molecule is FC(F)C1CCc2ccccc2O1. The van der Waals surface area contributed by atoms with Crippen molar-refractivity contribution in [3.8, 4) is 5.75 Å². The summed E-state index contributed by atoms with van der Waals surface area (Å²) in [5.41, 5.74) is 1.03. The van der Waals surface area contributed by atoms with Gasteiger partial charge < -0.3 is 4.74 Å². The maximum atomic E-state index is 12.3. The highest BCUT2D eigenvalue weighted by molar-refractivity contribution is 5.35. The van der Waals surface area contributed by atoms with Crippen molar-refractivity contribution in [2.45, 2.75) is 25.4 Å². The van der Waals surface area contributed by atoms with E-state index in [0.717, 1.165) is 5.56 Å². The molecule has 1 nitrogen and oxygen atoms in total. The summed E-state index contributed by atoms with van der Waals surface area (Å²) in [5.74, 6) is 0.610. The molecule has 0 radical (unpaired) electrons. The fourth-order valence-electron chi connectivity index (χ4n) is 1.52. The van der Waals surface area contributed by atoms with Gasteiger partial charge in [-0.15, -0.1) is 0 Å². The smallest absolute Gasteiger partial charge is 0.274 e. The van der Waals surface area contributed by atoms with Crippen molar-refractivity contribution in [2.75, 3.05) is 0 Å². The second-order valence-corrected chi connectivity index (χ2v) is 3.14. The van der Waals surface area contributed by atoms with Crippen LogP contribution in [-0.2, 0) is 6.42 Å². The molecular weight excluding hydrogens is 174 g/mol. The first-order valence-corrected chi connectivity index (χ1v) is 4.30. The van der Waals surface area contributed by atoms with Crippen LogP contribution in [0.1, 0.15) is 12.0 Å². The topological polar surface area (TPSA) is 9.23 Å². The predicted molar refractivity (Wildman–Crippen MR) is 45.2 cm³/mol. The average Bonchev–Trinajstić information content (AvgIpc) is 2.17. The highest BCUT2D eigenvalue weighted by Gasteiger charge is 2.26. The van der Waals surface area contributed by atoms with Crippen LogP contribution in [-0.4, -0.2) is 12.5 Å². The molecule has 1 unspecified atom stereocenters. The first kappa shape index (κ1) is 8.48. The van der Waals surface area contributed by atoms with Crippen molar-refractivity contribution in [1.82, 2.24) is 0 Å². The summed E-state index contributed by atoms with van der Waals surface area (Å²) in [6.45, 7) is 0. The minimum atomic E-state index is -2.38. The molecule has 0 amide bonds. The Labute approximate surface area is 75.3 Å². The Morgan fingerprint density at radius 1 is 1.31 bits per heavy atom. The fourth-order valence-corrected chi connectivity index (χ4v) is 1.52. The van der Waals surface area contributed by atoms with E-state index in [-0.39, 0.29) is 0 Å². The molecule has 0 N–H and O–H groups in total. The molecule has 1 aliphatic heterocycles. The van der Waals surface area contributed by atoms with Crippen LogP contribution in [0.3, 0.4) is 0 Å². The second kappa shape index (κ2) is 3.32. The summed E-state index contributed by atoms with van der Waals surface area (Å²) in [5, 5.41) is 0. The zero-order valence-electron chi connectivity index (χ0n) is 7.04. The molecule has 1 aromatic carbocycles. The Kier molecular flexibility index (Phi) is 2.17. The van der Waals surface area contributed by atoms with Crippen molar-refractivity contribution in [2.24, 2.45) is 0 Å². The minimum Gasteiger partial charge on any atom is -0.484 e. The first-order chi connectivity index (χ1) is 6.27. The molecule has 0 aliphatic carbocycles. The number of para-hydroxylation sites is 1. The lowest BCUT2D eigenvalue weighted by atomic mass is 10.0. The summed E-state index contributed by atoms with van der Waals surface area (Å²) in [6, 6.07) is 7.35. The Morgan fingerprint density at radius 2 is 2.08 bits per heavy atom. The minimum absolute atomic E-state index is 0.411. The van der Waals surface area contributed by atoms with Gasteiger partial charge in [-0.2, -0.15) is 0 Å².